The van der Waals surface area contributed by atoms with Gasteiger partial charge in [-0.25, -0.2) is 0 Å². The molecule has 2 aliphatic carbocycles. The number of aromatic hydroxyl groups is 2. The van der Waals surface area contributed by atoms with Crippen LogP contribution in [0.4, 0.5) is 0 Å². The lowest BCUT2D eigenvalue weighted by Gasteiger charge is -2.38. The number of nitrogens with one attached hydrogen (secondary N) is 1. The number of rotatable bonds is 3. The van der Waals surface area contributed by atoms with Crippen LogP contribution in [0.3, 0.4) is 0 Å². The summed E-state index contributed by atoms with van der Waals surface area (Å²) in [6, 6.07) is 18.2. The quantitative estimate of drug-likeness (QED) is 0.260. The number of benzene rings is 3. The van der Waals surface area contributed by atoms with Gasteiger partial charge >= 0.3 is 0 Å². The highest BCUT2D eigenvalue weighted by Gasteiger charge is 2.63. The van der Waals surface area contributed by atoms with Crippen molar-refractivity contribution in [2.24, 2.45) is 5.41 Å². The molecule has 4 heteroatoms. The molecule has 1 fully saturated rings. The SMILES string of the molecule is CC(=O)c1ccc2c(c1)CC=C(C1NC3C(C(C)(C)C)c4cc(O)ccc4C3(C)C1c1cccc(O)c1C)C2. The summed E-state index contributed by atoms with van der Waals surface area (Å²) in [5, 5.41) is 25.5. The number of fused-ring (bicyclic) bond motifs is 4. The van der Waals surface area contributed by atoms with E-state index in [1.54, 1.807) is 13.0 Å². The minimum atomic E-state index is -0.246. The molecule has 6 rings (SSSR count). The van der Waals surface area contributed by atoms with E-state index in [0.717, 1.165) is 24.0 Å². The standard InChI is InChI=1S/C35H39NO3/c1-19-26(8-7-9-29(19)39)30-32(24-13-12-22-16-21(20(2)37)10-11-23(22)17-24)36-33-31(34(3,4)5)27-18-25(38)14-15-28(27)35(30,33)6/h7-11,13-16,18,30-33,36,38-39H,12,17H2,1-6H3. The van der Waals surface area contributed by atoms with Gasteiger partial charge in [0.2, 0.25) is 0 Å². The molecule has 3 aromatic rings. The van der Waals surface area contributed by atoms with Crippen LogP contribution in [0.15, 0.2) is 66.2 Å². The minimum absolute atomic E-state index is 0.0259. The molecule has 0 spiro atoms. The van der Waals surface area contributed by atoms with Gasteiger partial charge in [-0.15, -0.1) is 0 Å². The first-order valence-electron chi connectivity index (χ1n) is 14.1. The first-order chi connectivity index (χ1) is 18.4. The second kappa shape index (κ2) is 8.82. The molecule has 0 bridgehead atoms. The highest BCUT2D eigenvalue weighted by Crippen LogP contribution is 2.63. The molecule has 5 atom stereocenters. The van der Waals surface area contributed by atoms with Crippen LogP contribution in [-0.2, 0) is 18.3 Å². The summed E-state index contributed by atoms with van der Waals surface area (Å²) in [5.74, 6) is 1.04. The Balaban J connectivity index is 1.52. The van der Waals surface area contributed by atoms with Crippen molar-refractivity contribution in [3.63, 3.8) is 0 Å². The molecule has 3 aliphatic rings. The van der Waals surface area contributed by atoms with Crippen LogP contribution in [0.25, 0.3) is 0 Å². The van der Waals surface area contributed by atoms with E-state index in [0.29, 0.717) is 11.5 Å². The van der Waals surface area contributed by atoms with E-state index in [1.165, 1.54) is 33.4 Å². The maximum atomic E-state index is 12.0. The van der Waals surface area contributed by atoms with Crippen molar-refractivity contribution in [3.8, 4) is 11.5 Å². The zero-order chi connectivity index (χ0) is 27.9. The first-order valence-corrected chi connectivity index (χ1v) is 14.1. The van der Waals surface area contributed by atoms with Gasteiger partial charge in [-0.1, -0.05) is 69.7 Å². The first kappa shape index (κ1) is 25.9. The number of phenolic OH excluding ortho intramolecular Hbond substituents is 2. The number of carbonyl (C=O) groups excluding carboxylic acids is 1. The molecule has 3 N–H and O–H groups in total. The van der Waals surface area contributed by atoms with Crippen LogP contribution in [0.1, 0.15) is 90.2 Å². The molecule has 5 unspecified atom stereocenters. The van der Waals surface area contributed by atoms with Crippen molar-refractivity contribution in [1.29, 1.82) is 0 Å². The third-order valence-electron chi connectivity index (χ3n) is 9.87. The van der Waals surface area contributed by atoms with Crippen LogP contribution >= 0.6 is 0 Å². The van der Waals surface area contributed by atoms with E-state index in [1.807, 2.05) is 31.2 Å². The van der Waals surface area contributed by atoms with Crippen LogP contribution in [0.5, 0.6) is 11.5 Å². The summed E-state index contributed by atoms with van der Waals surface area (Å²) < 4.78 is 0. The van der Waals surface area contributed by atoms with Crippen molar-refractivity contribution < 1.29 is 15.0 Å². The van der Waals surface area contributed by atoms with E-state index in [4.69, 9.17) is 0 Å². The van der Waals surface area contributed by atoms with Crippen LogP contribution in [0.2, 0.25) is 0 Å². The smallest absolute Gasteiger partial charge is 0.159 e. The van der Waals surface area contributed by atoms with E-state index < -0.39 is 0 Å². The fraction of sp³-hybridized carbons (Fsp3) is 0.400. The largest absolute Gasteiger partial charge is 0.508 e. The van der Waals surface area contributed by atoms with Crippen molar-refractivity contribution in [2.75, 3.05) is 0 Å². The van der Waals surface area contributed by atoms with Crippen LogP contribution < -0.4 is 5.32 Å². The summed E-state index contributed by atoms with van der Waals surface area (Å²) >= 11 is 0. The van der Waals surface area contributed by atoms with Crippen LogP contribution in [-0.4, -0.2) is 28.1 Å². The summed E-state index contributed by atoms with van der Waals surface area (Å²) in [6.45, 7) is 12.9. The second-order valence-electron chi connectivity index (χ2n) is 13.2. The van der Waals surface area contributed by atoms with Gasteiger partial charge in [-0.2, -0.15) is 0 Å². The highest BCUT2D eigenvalue weighted by atomic mass is 16.3. The molecular weight excluding hydrogens is 482 g/mol. The molecule has 0 saturated carbocycles. The Morgan fingerprint density at radius 2 is 1.77 bits per heavy atom. The summed E-state index contributed by atoms with van der Waals surface area (Å²) in [5.41, 5.74) is 9.00. The predicted molar refractivity (Wildman–Crippen MR) is 156 cm³/mol. The molecule has 1 heterocycles. The molecule has 39 heavy (non-hydrogen) atoms. The molecule has 1 saturated heterocycles. The minimum Gasteiger partial charge on any atom is -0.508 e. The number of hydrogen-bond acceptors (Lipinski definition) is 4. The Bertz CT molecular complexity index is 1530. The normalized spacial score (nSPS) is 27.5. The number of allylic oxidation sites excluding steroid dienone is 1. The lowest BCUT2D eigenvalue weighted by atomic mass is 9.64. The fourth-order valence-electron chi connectivity index (χ4n) is 8.00. The number of hydrogen-bond donors (Lipinski definition) is 3. The Labute approximate surface area is 231 Å². The highest BCUT2D eigenvalue weighted by molar-refractivity contribution is 5.94. The van der Waals surface area contributed by atoms with Gasteiger partial charge in [0.05, 0.1) is 0 Å². The Morgan fingerprint density at radius 3 is 2.49 bits per heavy atom. The fourth-order valence-corrected chi connectivity index (χ4v) is 8.00. The number of phenols is 2. The average Bonchev–Trinajstić information content (AvgIpc) is 3.30. The van der Waals surface area contributed by atoms with Gasteiger partial charge in [-0.05, 0) is 89.8 Å². The van der Waals surface area contributed by atoms with E-state index >= 15 is 0 Å². The predicted octanol–water partition coefficient (Wildman–Crippen LogP) is 6.86. The summed E-state index contributed by atoms with van der Waals surface area (Å²) in [6.07, 6.45) is 4.01. The molecule has 0 amide bonds. The third-order valence-corrected chi connectivity index (χ3v) is 9.87. The van der Waals surface area contributed by atoms with Gasteiger partial charge in [-0.3, -0.25) is 4.79 Å². The molecule has 202 valence electrons. The topological polar surface area (TPSA) is 69.6 Å². The van der Waals surface area contributed by atoms with Gasteiger partial charge in [0, 0.05) is 34.9 Å². The van der Waals surface area contributed by atoms with Crippen molar-refractivity contribution >= 4 is 5.78 Å². The molecule has 1 aliphatic heterocycles. The van der Waals surface area contributed by atoms with Gasteiger partial charge in [0.1, 0.15) is 11.5 Å². The molecule has 0 aromatic heterocycles. The maximum Gasteiger partial charge on any atom is 0.159 e. The number of Topliss-reactive ketones (excluding diaryl/α,β-unsaturated/α-hetero) is 1. The van der Waals surface area contributed by atoms with Crippen molar-refractivity contribution in [2.45, 2.75) is 83.7 Å². The molecule has 0 radical (unpaired) electrons. The molecular formula is C35H39NO3. The number of carbonyl (C=O) groups is 1. The van der Waals surface area contributed by atoms with E-state index in [9.17, 15) is 15.0 Å². The maximum absolute atomic E-state index is 12.0. The Morgan fingerprint density at radius 1 is 1.00 bits per heavy atom. The van der Waals surface area contributed by atoms with E-state index in [-0.39, 0.29) is 40.5 Å². The lowest BCUT2D eigenvalue weighted by Crippen LogP contribution is -2.43. The lowest BCUT2D eigenvalue weighted by molar-refractivity contribution is 0.101. The number of ketones is 1. The van der Waals surface area contributed by atoms with Gasteiger partial charge in [0.15, 0.2) is 5.78 Å². The molecule has 3 aromatic carbocycles. The van der Waals surface area contributed by atoms with Crippen molar-refractivity contribution in [1.82, 2.24) is 5.32 Å². The summed E-state index contributed by atoms with van der Waals surface area (Å²) in [7, 11) is 0. The monoisotopic (exact) mass is 521 g/mol. The Hall–Kier alpha value is -3.37. The zero-order valence-electron chi connectivity index (χ0n) is 23.8. The Kier molecular flexibility index (Phi) is 5.86. The van der Waals surface area contributed by atoms with Crippen LogP contribution in [0, 0.1) is 12.3 Å². The zero-order valence-corrected chi connectivity index (χ0v) is 23.8. The van der Waals surface area contributed by atoms with Crippen molar-refractivity contribution in [3.05, 3.63) is 105 Å². The third kappa shape index (κ3) is 3.87. The molecule has 4 nitrogen and oxygen atoms in total. The average molecular weight is 522 g/mol. The summed E-state index contributed by atoms with van der Waals surface area (Å²) in [4.78, 5) is 12.0. The van der Waals surface area contributed by atoms with E-state index in [2.05, 4.69) is 63.4 Å². The van der Waals surface area contributed by atoms with Gasteiger partial charge in [0.25, 0.3) is 0 Å². The second-order valence-corrected chi connectivity index (χ2v) is 13.2. The van der Waals surface area contributed by atoms with Gasteiger partial charge < -0.3 is 15.5 Å².